The van der Waals surface area contributed by atoms with E-state index in [1.54, 1.807) is 24.3 Å². The van der Waals surface area contributed by atoms with Gasteiger partial charge in [0.2, 0.25) is 0 Å². The van der Waals surface area contributed by atoms with Crippen LogP contribution in [0.25, 0.3) is 16.7 Å². The average molecular weight is 415 g/mol. The topological polar surface area (TPSA) is 76.5 Å². The third-order valence-corrected chi connectivity index (χ3v) is 5.38. The Balaban J connectivity index is 1.50. The van der Waals surface area contributed by atoms with Gasteiger partial charge in [-0.05, 0) is 43.2 Å². The van der Waals surface area contributed by atoms with Crippen LogP contribution in [0, 0.1) is 0 Å². The lowest BCUT2D eigenvalue weighted by Gasteiger charge is -2.37. The number of piperidine rings is 1. The van der Waals surface area contributed by atoms with E-state index < -0.39 is 17.8 Å². The summed E-state index contributed by atoms with van der Waals surface area (Å²) in [5, 5.41) is 4.71. The first-order valence-electron chi connectivity index (χ1n) is 9.39. The minimum absolute atomic E-state index is 0.0686. The summed E-state index contributed by atoms with van der Waals surface area (Å²) in [5.41, 5.74) is -1.66. The van der Waals surface area contributed by atoms with Crippen LogP contribution >= 0.6 is 0 Å². The molecule has 30 heavy (non-hydrogen) atoms. The molecule has 0 saturated carbocycles. The number of amides is 1. The van der Waals surface area contributed by atoms with Crippen molar-refractivity contribution in [1.29, 1.82) is 0 Å². The number of hydrogen-bond acceptors (Lipinski definition) is 5. The number of hydrogen-bond donors (Lipinski definition) is 0. The highest BCUT2D eigenvalue weighted by Gasteiger charge is 2.42. The number of nitrogens with zero attached hydrogens (tertiary/aromatic N) is 5. The summed E-state index contributed by atoms with van der Waals surface area (Å²) in [6, 6.07) is 7.75. The Hall–Kier alpha value is -3.43. The Labute approximate surface area is 168 Å². The number of benzene rings is 1. The zero-order chi connectivity index (χ0) is 20.9. The normalized spacial score (nSPS) is 19.8. The molecule has 7 nitrogen and oxygen atoms in total. The maximum atomic E-state index is 16.1. The average Bonchev–Trinajstić information content (AvgIpc) is 3.40. The molecular weight excluding hydrogens is 399 g/mol. The van der Waals surface area contributed by atoms with Crippen LogP contribution in [0.2, 0.25) is 0 Å². The quantitative estimate of drug-likeness (QED) is 0.507. The number of alkyl halides is 3. The lowest BCUT2D eigenvalue weighted by atomic mass is 9.90. The first-order valence-corrected chi connectivity index (χ1v) is 9.39. The first-order chi connectivity index (χ1) is 14.4. The van der Waals surface area contributed by atoms with Gasteiger partial charge in [0, 0.05) is 17.5 Å². The van der Waals surface area contributed by atoms with E-state index in [1.165, 1.54) is 11.2 Å². The van der Waals surface area contributed by atoms with Gasteiger partial charge >= 0.3 is 0 Å². The van der Waals surface area contributed by atoms with Crippen molar-refractivity contribution < 1.29 is 22.4 Å². The van der Waals surface area contributed by atoms with Gasteiger partial charge < -0.3 is 9.32 Å². The van der Waals surface area contributed by atoms with E-state index in [2.05, 4.69) is 15.1 Å². The highest BCUT2D eigenvalue weighted by molar-refractivity contribution is 5.97. The molecule has 1 atom stereocenters. The molecule has 5 rings (SSSR count). The molecule has 1 saturated heterocycles. The largest absolute Gasteiger partial charge is 0.464 e. The molecule has 4 heterocycles. The predicted octanol–water partition coefficient (Wildman–Crippen LogP) is 3.91. The van der Waals surface area contributed by atoms with Gasteiger partial charge in [0.05, 0.1) is 18.5 Å². The number of furan rings is 1. The van der Waals surface area contributed by atoms with Crippen molar-refractivity contribution in [2.75, 3.05) is 13.1 Å². The lowest BCUT2D eigenvalue weighted by molar-refractivity contribution is 0.0291. The smallest absolute Gasteiger partial charge is 0.280 e. The number of likely N-dealkylation sites (tertiary alicyclic amines) is 1. The Bertz CT molecular complexity index is 1250. The fourth-order valence-corrected chi connectivity index (χ4v) is 3.94. The Morgan fingerprint density at radius 2 is 2.10 bits per heavy atom. The monoisotopic (exact) mass is 415 g/mol. The van der Waals surface area contributed by atoms with Crippen molar-refractivity contribution in [3.63, 3.8) is 0 Å². The number of carbonyl (C=O) groups excluding carboxylic acids is 1. The number of halogens is 3. The van der Waals surface area contributed by atoms with Crippen molar-refractivity contribution in [3.8, 4) is 0 Å². The van der Waals surface area contributed by atoms with Gasteiger partial charge in [-0.2, -0.15) is 14.6 Å². The van der Waals surface area contributed by atoms with Gasteiger partial charge in [-0.1, -0.05) is 0 Å². The molecule has 10 heteroatoms. The van der Waals surface area contributed by atoms with Crippen LogP contribution in [0.5, 0.6) is 0 Å². The summed E-state index contributed by atoms with van der Waals surface area (Å²) >= 11 is 0. The summed E-state index contributed by atoms with van der Waals surface area (Å²) in [5.74, 6) is -0.438. The summed E-state index contributed by atoms with van der Waals surface area (Å²) in [7, 11) is 0. The van der Waals surface area contributed by atoms with E-state index >= 15 is 4.39 Å². The van der Waals surface area contributed by atoms with Gasteiger partial charge in [0.1, 0.15) is 17.6 Å². The van der Waals surface area contributed by atoms with E-state index in [1.807, 2.05) is 0 Å². The molecule has 4 aromatic rings. The highest BCUT2D eigenvalue weighted by Crippen LogP contribution is 2.37. The first kappa shape index (κ1) is 18.6. The van der Waals surface area contributed by atoms with Crippen molar-refractivity contribution >= 4 is 22.7 Å². The molecule has 1 amide bonds. The maximum Gasteiger partial charge on any atom is 0.280 e. The van der Waals surface area contributed by atoms with Gasteiger partial charge in [-0.25, -0.2) is 18.2 Å². The maximum absolute atomic E-state index is 16.1. The standard InChI is InChI=1S/C20H16F3N5O2/c21-17(22)14-9-16(28-19(26-14)24-11-25-28)20(23)5-1-6-27(10-20)18(29)13-2-3-15-12(8-13)4-7-30-15/h2-4,7-9,11,17H,1,5-6,10H2/t20-/m1/s1. The van der Waals surface area contributed by atoms with Crippen molar-refractivity contribution in [2.24, 2.45) is 0 Å². The number of rotatable bonds is 3. The fourth-order valence-electron chi connectivity index (χ4n) is 3.94. The Kier molecular flexibility index (Phi) is 4.23. The van der Waals surface area contributed by atoms with E-state index in [0.717, 1.165) is 22.3 Å². The minimum Gasteiger partial charge on any atom is -0.464 e. The molecule has 3 aromatic heterocycles. The summed E-state index contributed by atoms with van der Waals surface area (Å²) in [6.45, 7) is 0.0815. The molecular formula is C20H16F3N5O2. The molecule has 0 aliphatic carbocycles. The zero-order valence-electron chi connectivity index (χ0n) is 15.6. The Morgan fingerprint density at radius 1 is 1.23 bits per heavy atom. The summed E-state index contributed by atoms with van der Waals surface area (Å²) < 4.78 is 49.1. The minimum atomic E-state index is -2.88. The van der Waals surface area contributed by atoms with Crippen molar-refractivity contribution in [3.05, 3.63) is 59.9 Å². The second-order valence-corrected chi connectivity index (χ2v) is 7.31. The third kappa shape index (κ3) is 2.99. The van der Waals surface area contributed by atoms with E-state index in [4.69, 9.17) is 4.42 Å². The summed E-state index contributed by atoms with van der Waals surface area (Å²) in [6.07, 6.45) is 0.227. The van der Waals surface area contributed by atoms with Gasteiger partial charge in [0.25, 0.3) is 18.1 Å². The predicted molar refractivity (Wildman–Crippen MR) is 99.9 cm³/mol. The molecule has 1 aliphatic heterocycles. The molecule has 154 valence electrons. The molecule has 0 bridgehead atoms. The highest BCUT2D eigenvalue weighted by atomic mass is 19.3. The number of fused-ring (bicyclic) bond motifs is 2. The van der Waals surface area contributed by atoms with Crippen LogP contribution < -0.4 is 0 Å². The lowest BCUT2D eigenvalue weighted by Crippen LogP contribution is -2.47. The molecule has 0 unspecified atom stereocenters. The number of aromatic nitrogens is 4. The van der Waals surface area contributed by atoms with E-state index in [-0.39, 0.29) is 30.3 Å². The van der Waals surface area contributed by atoms with E-state index in [0.29, 0.717) is 24.1 Å². The molecule has 0 radical (unpaired) electrons. The van der Waals surface area contributed by atoms with Crippen LogP contribution in [0.3, 0.4) is 0 Å². The van der Waals surface area contributed by atoms with Crippen LogP contribution in [-0.2, 0) is 5.67 Å². The zero-order valence-corrected chi connectivity index (χ0v) is 15.6. The second-order valence-electron chi connectivity index (χ2n) is 7.31. The Morgan fingerprint density at radius 3 is 2.93 bits per heavy atom. The summed E-state index contributed by atoms with van der Waals surface area (Å²) in [4.78, 5) is 22.0. The van der Waals surface area contributed by atoms with Crippen LogP contribution in [0.4, 0.5) is 13.2 Å². The van der Waals surface area contributed by atoms with Crippen LogP contribution in [0.15, 0.2) is 47.3 Å². The molecule has 0 N–H and O–H groups in total. The third-order valence-electron chi connectivity index (χ3n) is 5.38. The fraction of sp³-hybridized carbons (Fsp3) is 0.300. The van der Waals surface area contributed by atoms with Crippen LogP contribution in [0.1, 0.15) is 41.0 Å². The van der Waals surface area contributed by atoms with Crippen molar-refractivity contribution in [2.45, 2.75) is 24.9 Å². The molecule has 1 aromatic carbocycles. The second kappa shape index (κ2) is 6.82. The molecule has 0 spiro atoms. The van der Waals surface area contributed by atoms with Gasteiger partial charge in [-0.3, -0.25) is 4.79 Å². The van der Waals surface area contributed by atoms with Gasteiger partial charge in [-0.15, -0.1) is 0 Å². The molecule has 1 fully saturated rings. The molecule has 1 aliphatic rings. The van der Waals surface area contributed by atoms with E-state index in [9.17, 15) is 13.6 Å². The van der Waals surface area contributed by atoms with Crippen molar-refractivity contribution in [1.82, 2.24) is 24.5 Å². The van der Waals surface area contributed by atoms with Crippen LogP contribution in [-0.4, -0.2) is 43.5 Å². The van der Waals surface area contributed by atoms with Gasteiger partial charge in [0.15, 0.2) is 5.67 Å². The SMILES string of the molecule is O=C(c1ccc2occc2c1)N1CCC[C@](F)(c2cc(C(F)F)nc3ncnn23)C1. The number of carbonyl (C=O) groups is 1.